The van der Waals surface area contributed by atoms with Crippen LogP contribution in [0.3, 0.4) is 0 Å². The van der Waals surface area contributed by atoms with Gasteiger partial charge in [0.2, 0.25) is 5.91 Å². The minimum absolute atomic E-state index is 0. The summed E-state index contributed by atoms with van der Waals surface area (Å²) in [6.07, 6.45) is 3.09. The van der Waals surface area contributed by atoms with Crippen molar-refractivity contribution in [3.05, 3.63) is 42.5 Å². The Hall–Kier alpha value is -1.96. The molecule has 0 aliphatic heterocycles. The monoisotopic (exact) mass is 311 g/mol. The first-order chi connectivity index (χ1) is 9.70. The standard InChI is InChI=1S/C13H17N5O2.ClH/c1-20-7-12(14)13(19)16-6-10-3-2-4-11(5-10)18-9-15-8-17-18;/h2-5,8-9,12H,6-7,14H2,1H3,(H,16,19);1H. The summed E-state index contributed by atoms with van der Waals surface area (Å²) < 4.78 is 6.50. The SMILES string of the molecule is COCC(N)C(=O)NCc1cccc(-n2cncn2)c1.Cl. The Morgan fingerprint density at radius 1 is 1.52 bits per heavy atom. The fourth-order valence-electron chi connectivity index (χ4n) is 1.73. The lowest BCUT2D eigenvalue weighted by Gasteiger charge is -2.11. The van der Waals surface area contributed by atoms with Gasteiger partial charge in [0, 0.05) is 13.7 Å². The highest BCUT2D eigenvalue weighted by Gasteiger charge is 2.12. The van der Waals surface area contributed by atoms with Gasteiger partial charge in [0.15, 0.2) is 0 Å². The molecule has 0 spiro atoms. The predicted molar refractivity (Wildman–Crippen MR) is 80.3 cm³/mol. The number of nitrogens with one attached hydrogen (secondary N) is 1. The van der Waals surface area contributed by atoms with Crippen LogP contribution in [0.5, 0.6) is 0 Å². The van der Waals surface area contributed by atoms with E-state index < -0.39 is 6.04 Å². The Bertz CT molecular complexity index is 561. The summed E-state index contributed by atoms with van der Waals surface area (Å²) >= 11 is 0. The molecule has 7 nitrogen and oxygen atoms in total. The van der Waals surface area contributed by atoms with Gasteiger partial charge in [-0.05, 0) is 17.7 Å². The Morgan fingerprint density at radius 3 is 3.00 bits per heavy atom. The van der Waals surface area contributed by atoms with Gasteiger partial charge in [-0.3, -0.25) is 4.79 Å². The minimum atomic E-state index is -0.654. The summed E-state index contributed by atoms with van der Waals surface area (Å²) in [5.41, 5.74) is 7.48. The van der Waals surface area contributed by atoms with E-state index in [1.54, 1.807) is 11.0 Å². The summed E-state index contributed by atoms with van der Waals surface area (Å²) in [4.78, 5) is 15.6. The number of aromatic nitrogens is 3. The van der Waals surface area contributed by atoms with Crippen molar-refractivity contribution in [2.75, 3.05) is 13.7 Å². The molecule has 1 heterocycles. The third-order valence-corrected chi connectivity index (χ3v) is 2.74. The van der Waals surface area contributed by atoms with Crippen LogP contribution in [0.1, 0.15) is 5.56 Å². The molecule has 1 unspecified atom stereocenters. The number of benzene rings is 1. The lowest BCUT2D eigenvalue weighted by Crippen LogP contribution is -2.43. The Kier molecular flexibility index (Phi) is 6.80. The van der Waals surface area contributed by atoms with Crippen molar-refractivity contribution in [2.24, 2.45) is 5.73 Å². The number of nitrogens with two attached hydrogens (primary N) is 1. The second-order valence-corrected chi connectivity index (χ2v) is 4.29. The van der Waals surface area contributed by atoms with E-state index >= 15 is 0 Å². The molecule has 21 heavy (non-hydrogen) atoms. The van der Waals surface area contributed by atoms with Crippen LogP contribution in [0.25, 0.3) is 5.69 Å². The molecule has 0 saturated carbocycles. The number of ether oxygens (including phenoxy) is 1. The van der Waals surface area contributed by atoms with Crippen LogP contribution in [0, 0.1) is 0 Å². The lowest BCUT2D eigenvalue weighted by molar-refractivity contribution is -0.123. The van der Waals surface area contributed by atoms with E-state index in [9.17, 15) is 4.79 Å². The second kappa shape index (κ2) is 8.35. The van der Waals surface area contributed by atoms with E-state index in [1.807, 2.05) is 24.3 Å². The number of methoxy groups -OCH3 is 1. The maximum absolute atomic E-state index is 11.7. The fourth-order valence-corrected chi connectivity index (χ4v) is 1.73. The molecule has 0 saturated heterocycles. The van der Waals surface area contributed by atoms with Gasteiger partial charge in [-0.1, -0.05) is 12.1 Å². The molecule has 0 radical (unpaired) electrons. The Morgan fingerprint density at radius 2 is 2.33 bits per heavy atom. The maximum atomic E-state index is 11.7. The number of amides is 1. The number of hydrogen-bond acceptors (Lipinski definition) is 5. The zero-order valence-corrected chi connectivity index (χ0v) is 12.4. The van der Waals surface area contributed by atoms with E-state index in [-0.39, 0.29) is 24.9 Å². The van der Waals surface area contributed by atoms with Crippen molar-refractivity contribution in [2.45, 2.75) is 12.6 Å². The van der Waals surface area contributed by atoms with Crippen LogP contribution < -0.4 is 11.1 Å². The zero-order valence-electron chi connectivity index (χ0n) is 11.6. The van der Waals surface area contributed by atoms with E-state index in [4.69, 9.17) is 10.5 Å². The summed E-state index contributed by atoms with van der Waals surface area (Å²) in [7, 11) is 1.51. The lowest BCUT2D eigenvalue weighted by atomic mass is 10.2. The molecule has 0 bridgehead atoms. The fraction of sp³-hybridized carbons (Fsp3) is 0.308. The van der Waals surface area contributed by atoms with E-state index in [1.165, 1.54) is 13.4 Å². The summed E-state index contributed by atoms with van der Waals surface area (Å²) in [6, 6.07) is 7.00. The van der Waals surface area contributed by atoms with Gasteiger partial charge in [0.1, 0.15) is 18.7 Å². The molecule has 0 fully saturated rings. The highest BCUT2D eigenvalue weighted by atomic mass is 35.5. The van der Waals surface area contributed by atoms with Crippen LogP contribution in [-0.2, 0) is 16.1 Å². The van der Waals surface area contributed by atoms with Crippen molar-refractivity contribution in [3.63, 3.8) is 0 Å². The largest absolute Gasteiger partial charge is 0.383 e. The zero-order chi connectivity index (χ0) is 14.4. The molecule has 2 rings (SSSR count). The van der Waals surface area contributed by atoms with E-state index in [2.05, 4.69) is 15.4 Å². The maximum Gasteiger partial charge on any atom is 0.239 e. The summed E-state index contributed by atoms with van der Waals surface area (Å²) in [5, 5.41) is 6.82. The predicted octanol–water partition coefficient (Wildman–Crippen LogP) is 0.279. The van der Waals surface area contributed by atoms with Crippen LogP contribution in [-0.4, -0.2) is 40.4 Å². The number of hydrogen-bond donors (Lipinski definition) is 2. The molecule has 1 amide bonds. The molecule has 3 N–H and O–H groups in total. The molecule has 0 aliphatic carbocycles. The van der Waals surface area contributed by atoms with E-state index in [0.29, 0.717) is 6.54 Å². The number of carbonyl (C=O) groups excluding carboxylic acids is 1. The van der Waals surface area contributed by atoms with Crippen LogP contribution in [0.15, 0.2) is 36.9 Å². The van der Waals surface area contributed by atoms with Crippen molar-refractivity contribution < 1.29 is 9.53 Å². The average Bonchev–Trinajstić information content (AvgIpc) is 2.99. The van der Waals surface area contributed by atoms with Crippen LogP contribution >= 0.6 is 12.4 Å². The van der Waals surface area contributed by atoms with Gasteiger partial charge in [-0.25, -0.2) is 9.67 Å². The molecule has 1 aromatic heterocycles. The molecule has 1 aromatic carbocycles. The van der Waals surface area contributed by atoms with Gasteiger partial charge in [-0.15, -0.1) is 12.4 Å². The minimum Gasteiger partial charge on any atom is -0.383 e. The average molecular weight is 312 g/mol. The van der Waals surface area contributed by atoms with Gasteiger partial charge in [0.05, 0.1) is 12.3 Å². The second-order valence-electron chi connectivity index (χ2n) is 4.29. The molecule has 0 aliphatic rings. The first-order valence-corrected chi connectivity index (χ1v) is 6.17. The molecule has 114 valence electrons. The third kappa shape index (κ3) is 4.82. The molecule has 2 aromatic rings. The van der Waals surface area contributed by atoms with Crippen molar-refractivity contribution in [1.29, 1.82) is 0 Å². The highest BCUT2D eigenvalue weighted by molar-refractivity contribution is 5.85. The molecule has 8 heteroatoms. The summed E-state index contributed by atoms with van der Waals surface area (Å²) in [5.74, 6) is -0.238. The highest BCUT2D eigenvalue weighted by Crippen LogP contribution is 2.08. The smallest absolute Gasteiger partial charge is 0.239 e. The number of nitrogens with zero attached hydrogens (tertiary/aromatic N) is 3. The number of halogens is 1. The van der Waals surface area contributed by atoms with E-state index in [0.717, 1.165) is 11.3 Å². The first-order valence-electron chi connectivity index (χ1n) is 6.17. The van der Waals surface area contributed by atoms with Gasteiger partial charge in [0.25, 0.3) is 0 Å². The van der Waals surface area contributed by atoms with Gasteiger partial charge < -0.3 is 15.8 Å². The van der Waals surface area contributed by atoms with Crippen molar-refractivity contribution in [1.82, 2.24) is 20.1 Å². The Balaban J connectivity index is 0.00000220. The normalized spacial score (nSPS) is 11.5. The first kappa shape index (κ1) is 17.1. The Labute approximate surface area is 128 Å². The van der Waals surface area contributed by atoms with Gasteiger partial charge >= 0.3 is 0 Å². The third-order valence-electron chi connectivity index (χ3n) is 2.74. The van der Waals surface area contributed by atoms with Gasteiger partial charge in [-0.2, -0.15) is 5.10 Å². The van der Waals surface area contributed by atoms with Crippen molar-refractivity contribution in [3.8, 4) is 5.69 Å². The number of carbonyl (C=O) groups is 1. The van der Waals surface area contributed by atoms with Crippen LogP contribution in [0.2, 0.25) is 0 Å². The molecule has 1 atom stereocenters. The molecular formula is C13H18ClN5O2. The van der Waals surface area contributed by atoms with Crippen molar-refractivity contribution >= 4 is 18.3 Å². The molecular weight excluding hydrogens is 294 g/mol. The summed E-state index contributed by atoms with van der Waals surface area (Å²) in [6.45, 7) is 0.601. The quantitative estimate of drug-likeness (QED) is 0.799. The number of rotatable bonds is 6. The van der Waals surface area contributed by atoms with Crippen LogP contribution in [0.4, 0.5) is 0 Å². The topological polar surface area (TPSA) is 95.1 Å².